The molecule has 5 heteroatoms. The molecule has 1 rings (SSSR count). The molecule has 1 heterocycles. The molecule has 1 aromatic heterocycles. The quantitative estimate of drug-likeness (QED) is 0.733. The van der Waals surface area contributed by atoms with Gasteiger partial charge < -0.3 is 15.0 Å². The lowest BCUT2D eigenvalue weighted by atomic mass is 10.4. The summed E-state index contributed by atoms with van der Waals surface area (Å²) in [6.07, 6.45) is 0.993. The van der Waals surface area contributed by atoms with Crippen molar-refractivity contribution in [2.24, 2.45) is 0 Å². The van der Waals surface area contributed by atoms with E-state index in [1.807, 2.05) is 20.0 Å². The largest absolute Gasteiger partial charge is 0.385 e. The Hall–Kier alpha value is -1.36. The highest BCUT2D eigenvalue weighted by Crippen LogP contribution is 2.14. The molecule has 0 aliphatic heterocycles. The van der Waals surface area contributed by atoms with Crippen LogP contribution in [0.15, 0.2) is 6.07 Å². The molecule has 0 saturated heterocycles. The summed E-state index contributed by atoms with van der Waals surface area (Å²) >= 11 is 0. The van der Waals surface area contributed by atoms with Crippen molar-refractivity contribution in [3.8, 4) is 0 Å². The predicted molar refractivity (Wildman–Crippen MR) is 70.7 cm³/mol. The molecule has 0 aliphatic carbocycles. The van der Waals surface area contributed by atoms with Crippen LogP contribution in [0.5, 0.6) is 0 Å². The topological polar surface area (TPSA) is 50.3 Å². The van der Waals surface area contributed by atoms with Crippen LogP contribution in [0, 0.1) is 6.92 Å². The van der Waals surface area contributed by atoms with Crippen molar-refractivity contribution in [3.63, 3.8) is 0 Å². The van der Waals surface area contributed by atoms with Crippen LogP contribution in [0.2, 0.25) is 0 Å². The second kappa shape index (κ2) is 7.06. The van der Waals surface area contributed by atoms with E-state index in [2.05, 4.69) is 27.1 Å². The zero-order valence-corrected chi connectivity index (χ0v) is 11.2. The van der Waals surface area contributed by atoms with E-state index in [1.165, 1.54) is 0 Å². The lowest BCUT2D eigenvalue weighted by Crippen LogP contribution is -2.21. The normalized spacial score (nSPS) is 10.4. The van der Waals surface area contributed by atoms with Crippen molar-refractivity contribution in [2.75, 3.05) is 44.1 Å². The van der Waals surface area contributed by atoms with E-state index in [0.29, 0.717) is 0 Å². The minimum Gasteiger partial charge on any atom is -0.385 e. The number of rotatable bonds is 7. The van der Waals surface area contributed by atoms with E-state index in [1.54, 1.807) is 7.11 Å². The number of nitrogens with zero attached hydrogens (tertiary/aromatic N) is 3. The summed E-state index contributed by atoms with van der Waals surface area (Å²) in [6.45, 7) is 6.53. The number of methoxy groups -OCH3 is 1. The van der Waals surface area contributed by atoms with Crippen molar-refractivity contribution in [2.45, 2.75) is 20.3 Å². The molecule has 0 bridgehead atoms. The highest BCUT2D eigenvalue weighted by atomic mass is 16.5. The zero-order valence-electron chi connectivity index (χ0n) is 11.2. The minimum atomic E-state index is 0.772. The van der Waals surface area contributed by atoms with Gasteiger partial charge >= 0.3 is 0 Å². The van der Waals surface area contributed by atoms with Crippen LogP contribution in [-0.4, -0.2) is 43.8 Å². The van der Waals surface area contributed by atoms with Crippen LogP contribution in [0.4, 0.5) is 11.6 Å². The summed E-state index contributed by atoms with van der Waals surface area (Å²) in [5.74, 6) is 2.62. The van der Waals surface area contributed by atoms with Crippen molar-refractivity contribution >= 4 is 11.6 Å². The lowest BCUT2D eigenvalue weighted by molar-refractivity contribution is 0.196. The highest BCUT2D eigenvalue weighted by Gasteiger charge is 2.05. The number of nitrogens with one attached hydrogen (secondary N) is 1. The molecule has 0 fully saturated rings. The minimum absolute atomic E-state index is 0.772. The van der Waals surface area contributed by atoms with Crippen molar-refractivity contribution in [3.05, 3.63) is 11.9 Å². The smallest absolute Gasteiger partial charge is 0.134 e. The zero-order chi connectivity index (χ0) is 12.7. The van der Waals surface area contributed by atoms with Gasteiger partial charge in [0.25, 0.3) is 0 Å². The Balaban J connectivity index is 2.67. The number of hydrogen-bond acceptors (Lipinski definition) is 5. The maximum absolute atomic E-state index is 5.04. The highest BCUT2D eigenvalue weighted by molar-refractivity contribution is 5.48. The molecule has 0 saturated carbocycles. The van der Waals surface area contributed by atoms with Crippen LogP contribution in [-0.2, 0) is 4.74 Å². The third-order valence-corrected chi connectivity index (χ3v) is 2.42. The average Bonchev–Trinajstić information content (AvgIpc) is 2.29. The third-order valence-electron chi connectivity index (χ3n) is 2.42. The fourth-order valence-corrected chi connectivity index (χ4v) is 1.58. The summed E-state index contributed by atoms with van der Waals surface area (Å²) in [5.41, 5.74) is 0. The molecule has 96 valence electrons. The van der Waals surface area contributed by atoms with E-state index in [9.17, 15) is 0 Å². The van der Waals surface area contributed by atoms with Crippen molar-refractivity contribution < 1.29 is 4.74 Å². The Bertz CT molecular complexity index is 343. The molecule has 5 nitrogen and oxygen atoms in total. The first kappa shape index (κ1) is 13.7. The Morgan fingerprint density at radius 1 is 1.41 bits per heavy atom. The SMILES string of the molecule is CCNc1cc(N(C)CCCOC)nc(C)n1. The predicted octanol–water partition coefficient (Wildman–Crippen LogP) is 1.69. The van der Waals surface area contributed by atoms with E-state index in [0.717, 1.165) is 43.6 Å². The van der Waals surface area contributed by atoms with Crippen LogP contribution in [0.25, 0.3) is 0 Å². The Morgan fingerprint density at radius 3 is 2.82 bits per heavy atom. The van der Waals surface area contributed by atoms with Gasteiger partial charge in [-0.05, 0) is 20.3 Å². The van der Waals surface area contributed by atoms with Crippen LogP contribution < -0.4 is 10.2 Å². The van der Waals surface area contributed by atoms with Crippen LogP contribution in [0.3, 0.4) is 0 Å². The lowest BCUT2D eigenvalue weighted by Gasteiger charge is -2.19. The molecular weight excluding hydrogens is 216 g/mol. The van der Waals surface area contributed by atoms with E-state index in [-0.39, 0.29) is 0 Å². The summed E-state index contributed by atoms with van der Waals surface area (Å²) in [5, 5.41) is 3.21. The van der Waals surface area contributed by atoms with E-state index >= 15 is 0 Å². The monoisotopic (exact) mass is 238 g/mol. The maximum Gasteiger partial charge on any atom is 0.134 e. The Morgan fingerprint density at radius 2 is 2.18 bits per heavy atom. The number of anilines is 2. The maximum atomic E-state index is 5.04. The van der Waals surface area contributed by atoms with Gasteiger partial charge in [0.1, 0.15) is 17.5 Å². The third kappa shape index (κ3) is 4.56. The molecule has 0 aromatic carbocycles. The second-order valence-corrected chi connectivity index (χ2v) is 3.96. The molecule has 0 amide bonds. The number of hydrogen-bond donors (Lipinski definition) is 1. The first-order valence-electron chi connectivity index (χ1n) is 5.97. The summed E-state index contributed by atoms with van der Waals surface area (Å²) in [4.78, 5) is 10.9. The van der Waals surface area contributed by atoms with E-state index in [4.69, 9.17) is 4.74 Å². The molecule has 0 unspecified atom stereocenters. The van der Waals surface area contributed by atoms with Gasteiger partial charge in [-0.1, -0.05) is 0 Å². The van der Waals surface area contributed by atoms with Crippen LogP contribution in [0.1, 0.15) is 19.2 Å². The molecule has 0 atom stereocenters. The molecule has 1 N–H and O–H groups in total. The standard InChI is InChI=1S/C12H22N4O/c1-5-13-11-9-12(15-10(2)14-11)16(3)7-6-8-17-4/h9H,5-8H2,1-4H3,(H,13,14,15). The van der Waals surface area contributed by atoms with Gasteiger partial charge in [0.15, 0.2) is 0 Å². The summed E-state index contributed by atoms with van der Waals surface area (Å²) < 4.78 is 5.04. The average molecular weight is 238 g/mol. The second-order valence-electron chi connectivity index (χ2n) is 3.96. The van der Waals surface area contributed by atoms with Gasteiger partial charge in [0, 0.05) is 39.9 Å². The van der Waals surface area contributed by atoms with Gasteiger partial charge in [-0.3, -0.25) is 0 Å². The Labute approximate surface area is 103 Å². The number of aromatic nitrogens is 2. The summed E-state index contributed by atoms with van der Waals surface area (Å²) in [7, 11) is 3.76. The molecule has 0 radical (unpaired) electrons. The molecular formula is C12H22N4O. The molecule has 17 heavy (non-hydrogen) atoms. The van der Waals surface area contributed by atoms with Gasteiger partial charge in [0.05, 0.1) is 0 Å². The Kier molecular flexibility index (Phi) is 5.69. The van der Waals surface area contributed by atoms with Gasteiger partial charge in [-0.2, -0.15) is 0 Å². The van der Waals surface area contributed by atoms with E-state index < -0.39 is 0 Å². The first-order valence-corrected chi connectivity index (χ1v) is 5.97. The molecule has 0 spiro atoms. The van der Waals surface area contributed by atoms with Crippen molar-refractivity contribution in [1.29, 1.82) is 0 Å². The van der Waals surface area contributed by atoms with Gasteiger partial charge in [-0.25, -0.2) is 9.97 Å². The summed E-state index contributed by atoms with van der Waals surface area (Å²) in [6, 6.07) is 1.98. The van der Waals surface area contributed by atoms with Crippen molar-refractivity contribution in [1.82, 2.24) is 9.97 Å². The van der Waals surface area contributed by atoms with Gasteiger partial charge in [0.2, 0.25) is 0 Å². The fourth-order valence-electron chi connectivity index (χ4n) is 1.58. The fraction of sp³-hybridized carbons (Fsp3) is 0.667. The number of ether oxygens (including phenoxy) is 1. The van der Waals surface area contributed by atoms with Crippen LogP contribution >= 0.6 is 0 Å². The van der Waals surface area contributed by atoms with Gasteiger partial charge in [-0.15, -0.1) is 0 Å². The number of aryl methyl sites for hydroxylation is 1. The first-order chi connectivity index (χ1) is 8.17. The molecule has 0 aliphatic rings. The molecule has 1 aromatic rings.